The van der Waals surface area contributed by atoms with Crippen LogP contribution in [0.3, 0.4) is 0 Å². The maximum absolute atomic E-state index is 12.5. The molecule has 0 saturated heterocycles. The van der Waals surface area contributed by atoms with E-state index < -0.39 is 5.97 Å². The van der Waals surface area contributed by atoms with Crippen molar-refractivity contribution in [2.45, 2.75) is 38.6 Å². The topological polar surface area (TPSA) is 70.4 Å². The minimum Gasteiger partial charge on any atom is -0.287 e. The Kier molecular flexibility index (Phi) is 8.07. The van der Waals surface area contributed by atoms with E-state index in [1.807, 2.05) is 60.7 Å². The van der Waals surface area contributed by atoms with Crippen molar-refractivity contribution < 1.29 is 14.6 Å². The van der Waals surface area contributed by atoms with Crippen molar-refractivity contribution in [1.82, 2.24) is 9.78 Å². The summed E-state index contributed by atoms with van der Waals surface area (Å²) in [7, 11) is 0. The molecule has 4 rings (SSSR count). The summed E-state index contributed by atoms with van der Waals surface area (Å²) in [5, 5.41) is 4.76. The largest absolute Gasteiger partial charge is 0.352 e. The Balaban J connectivity index is 1.44. The molecule has 0 unspecified atom stereocenters. The monoisotopic (exact) mass is 468 g/mol. The van der Waals surface area contributed by atoms with Gasteiger partial charge in [-0.15, -0.1) is 0 Å². The predicted octanol–water partition coefficient (Wildman–Crippen LogP) is 5.30. The first kappa shape index (κ1) is 24.0. The van der Waals surface area contributed by atoms with Crippen LogP contribution in [0.15, 0.2) is 102 Å². The average molecular weight is 469 g/mol. The molecule has 0 amide bonds. The van der Waals surface area contributed by atoms with Gasteiger partial charge in [-0.3, -0.25) is 14.6 Å². The average Bonchev–Trinajstić information content (AvgIpc) is 2.89. The van der Waals surface area contributed by atoms with Crippen LogP contribution in [-0.4, -0.2) is 15.7 Å². The van der Waals surface area contributed by atoms with E-state index in [4.69, 9.17) is 9.99 Å². The quantitative estimate of drug-likeness (QED) is 0.179. The molecule has 0 aliphatic rings. The fourth-order valence-corrected chi connectivity index (χ4v) is 4.05. The van der Waals surface area contributed by atoms with Crippen LogP contribution in [0.2, 0.25) is 0 Å². The molecular weight excluding hydrogens is 440 g/mol. The summed E-state index contributed by atoms with van der Waals surface area (Å²) in [6.45, 7) is 1.82. The van der Waals surface area contributed by atoms with Crippen molar-refractivity contribution in [3.63, 3.8) is 0 Å². The number of hydrogen-bond acceptors (Lipinski definition) is 5. The third-order valence-corrected chi connectivity index (χ3v) is 5.69. The number of carbonyl (C=O) groups is 1. The summed E-state index contributed by atoms with van der Waals surface area (Å²) in [5.74, 6) is -0.0716. The number of aryl methyl sites for hydroxylation is 2. The highest BCUT2D eigenvalue weighted by molar-refractivity contribution is 5.65. The summed E-state index contributed by atoms with van der Waals surface area (Å²) in [5.41, 5.74) is 4.07. The van der Waals surface area contributed by atoms with E-state index in [9.17, 15) is 9.59 Å². The maximum atomic E-state index is 12.5. The van der Waals surface area contributed by atoms with E-state index in [1.54, 1.807) is 16.8 Å². The van der Waals surface area contributed by atoms with Gasteiger partial charge in [-0.25, -0.2) is 9.48 Å². The summed E-state index contributed by atoms with van der Waals surface area (Å²) >= 11 is 0. The molecule has 0 atom stereocenters. The highest BCUT2D eigenvalue weighted by Gasteiger charge is 2.19. The van der Waals surface area contributed by atoms with E-state index in [1.165, 1.54) is 6.92 Å². The summed E-state index contributed by atoms with van der Waals surface area (Å²) < 4.78 is 1.56. The normalized spacial score (nSPS) is 10.8. The number of rotatable bonds is 10. The zero-order chi connectivity index (χ0) is 24.5. The van der Waals surface area contributed by atoms with E-state index in [0.29, 0.717) is 12.3 Å². The molecule has 0 bridgehead atoms. The first-order chi connectivity index (χ1) is 17.1. The number of aromatic nitrogens is 2. The van der Waals surface area contributed by atoms with Crippen molar-refractivity contribution in [2.75, 3.05) is 0 Å². The molecule has 0 aliphatic heterocycles. The number of nitrogens with zero attached hydrogens (tertiary/aromatic N) is 2. The van der Waals surface area contributed by atoms with Crippen LogP contribution < -0.4 is 10.4 Å². The van der Waals surface area contributed by atoms with Gasteiger partial charge in [-0.05, 0) is 54.2 Å². The van der Waals surface area contributed by atoms with E-state index in [-0.39, 0.29) is 11.5 Å². The standard InChI is InChI=1S/C29H28N2O4/c1-22(32)34-35-26-17-10-12-23(21-26)11-8-9-20-31-28(33)19-18-27(30-31)29(24-13-4-2-5-14-24)25-15-6-3-7-16-25/h2-7,10,12-19,21,29H,8-9,11,20H2,1H3. The zero-order valence-corrected chi connectivity index (χ0v) is 19.7. The van der Waals surface area contributed by atoms with Crippen LogP contribution in [0.1, 0.15) is 48.1 Å². The van der Waals surface area contributed by atoms with Gasteiger partial charge >= 0.3 is 5.97 Å². The van der Waals surface area contributed by atoms with Crippen LogP contribution >= 0.6 is 0 Å². The minimum atomic E-state index is -0.502. The fraction of sp³-hybridized carbons (Fsp3) is 0.207. The molecule has 0 fully saturated rings. The highest BCUT2D eigenvalue weighted by atomic mass is 17.2. The first-order valence-electron chi connectivity index (χ1n) is 11.7. The lowest BCUT2D eigenvalue weighted by atomic mass is 9.88. The molecule has 1 heterocycles. The Morgan fingerprint density at radius 2 is 1.54 bits per heavy atom. The van der Waals surface area contributed by atoms with Crippen molar-refractivity contribution in [1.29, 1.82) is 0 Å². The molecule has 4 aromatic rings. The van der Waals surface area contributed by atoms with Gasteiger partial charge in [0.25, 0.3) is 5.56 Å². The van der Waals surface area contributed by atoms with Crippen molar-refractivity contribution in [3.05, 3.63) is 130 Å². The van der Waals surface area contributed by atoms with Gasteiger partial charge < -0.3 is 0 Å². The van der Waals surface area contributed by atoms with Crippen LogP contribution in [0.25, 0.3) is 0 Å². The molecule has 0 N–H and O–H groups in total. The second-order valence-corrected chi connectivity index (χ2v) is 8.34. The van der Waals surface area contributed by atoms with Gasteiger partial charge in [0.05, 0.1) is 11.6 Å². The van der Waals surface area contributed by atoms with Gasteiger partial charge in [-0.2, -0.15) is 5.10 Å². The number of unbranched alkanes of at least 4 members (excludes halogenated alkanes) is 1. The van der Waals surface area contributed by atoms with Crippen LogP contribution in [0.5, 0.6) is 5.75 Å². The van der Waals surface area contributed by atoms with Crippen LogP contribution in [0.4, 0.5) is 0 Å². The lowest BCUT2D eigenvalue weighted by Crippen LogP contribution is -2.24. The van der Waals surface area contributed by atoms with Crippen molar-refractivity contribution >= 4 is 5.97 Å². The van der Waals surface area contributed by atoms with Gasteiger partial charge in [0.15, 0.2) is 5.75 Å². The minimum absolute atomic E-state index is 0.0517. The highest BCUT2D eigenvalue weighted by Crippen LogP contribution is 2.30. The van der Waals surface area contributed by atoms with E-state index in [2.05, 4.69) is 29.2 Å². The van der Waals surface area contributed by atoms with Gasteiger partial charge in [0, 0.05) is 19.5 Å². The zero-order valence-electron chi connectivity index (χ0n) is 19.7. The van der Waals surface area contributed by atoms with Crippen LogP contribution in [0, 0.1) is 0 Å². The van der Waals surface area contributed by atoms with Crippen molar-refractivity contribution in [3.8, 4) is 5.75 Å². The van der Waals surface area contributed by atoms with E-state index in [0.717, 1.165) is 41.6 Å². The molecule has 3 aromatic carbocycles. The molecule has 6 nitrogen and oxygen atoms in total. The Morgan fingerprint density at radius 1 is 0.857 bits per heavy atom. The third-order valence-electron chi connectivity index (χ3n) is 5.69. The third kappa shape index (κ3) is 6.67. The molecule has 0 radical (unpaired) electrons. The van der Waals surface area contributed by atoms with E-state index >= 15 is 0 Å². The Morgan fingerprint density at radius 3 is 2.20 bits per heavy atom. The molecule has 0 saturated carbocycles. The Labute approximate surface area is 204 Å². The second kappa shape index (κ2) is 11.8. The maximum Gasteiger partial charge on any atom is 0.352 e. The van der Waals surface area contributed by atoms with Gasteiger partial charge in [0.1, 0.15) is 0 Å². The fourth-order valence-electron chi connectivity index (χ4n) is 4.05. The van der Waals surface area contributed by atoms with Gasteiger partial charge in [-0.1, -0.05) is 72.8 Å². The molecular formula is C29H28N2O4. The number of benzene rings is 3. The Hall–Kier alpha value is -4.19. The Bertz CT molecular complexity index is 1260. The molecule has 1 aromatic heterocycles. The molecule has 6 heteroatoms. The van der Waals surface area contributed by atoms with Crippen LogP contribution in [-0.2, 0) is 22.6 Å². The number of carbonyl (C=O) groups excluding carboxylic acids is 1. The predicted molar refractivity (Wildman–Crippen MR) is 134 cm³/mol. The second-order valence-electron chi connectivity index (χ2n) is 8.34. The summed E-state index contributed by atoms with van der Waals surface area (Å²) in [6, 6.07) is 31.3. The SMILES string of the molecule is CC(=O)OOc1cccc(CCCCn2nc(C(c3ccccc3)c3ccccc3)ccc2=O)c1. The smallest absolute Gasteiger partial charge is 0.287 e. The molecule has 35 heavy (non-hydrogen) atoms. The number of hydrogen-bond donors (Lipinski definition) is 0. The lowest BCUT2D eigenvalue weighted by molar-refractivity contribution is -0.210. The van der Waals surface area contributed by atoms with Crippen molar-refractivity contribution in [2.24, 2.45) is 0 Å². The molecule has 0 aliphatic carbocycles. The molecule has 0 spiro atoms. The lowest BCUT2D eigenvalue weighted by Gasteiger charge is -2.18. The summed E-state index contributed by atoms with van der Waals surface area (Å²) in [4.78, 5) is 33.1. The first-order valence-corrected chi connectivity index (χ1v) is 11.7. The molecule has 178 valence electrons. The van der Waals surface area contributed by atoms with Gasteiger partial charge in [0.2, 0.25) is 0 Å². The summed E-state index contributed by atoms with van der Waals surface area (Å²) in [6.07, 6.45) is 2.48.